The number of ether oxygens (including phenoxy) is 1. The minimum atomic E-state index is -0.400. The van der Waals surface area contributed by atoms with E-state index in [4.69, 9.17) is 20.8 Å². The number of halogens is 2. The van der Waals surface area contributed by atoms with Gasteiger partial charge in [-0.1, -0.05) is 11.6 Å². The van der Waals surface area contributed by atoms with E-state index in [1.54, 1.807) is 48.6 Å². The first-order valence-electron chi connectivity index (χ1n) is 5.79. The van der Waals surface area contributed by atoms with Crippen LogP contribution in [-0.4, -0.2) is 5.97 Å². The summed E-state index contributed by atoms with van der Waals surface area (Å²) in [6.45, 7) is 0. The molecule has 1 aliphatic heterocycles. The Labute approximate surface area is 128 Å². The third-order valence-corrected chi connectivity index (χ3v) is 3.42. The van der Waals surface area contributed by atoms with Gasteiger partial charge in [0.2, 0.25) is 0 Å². The van der Waals surface area contributed by atoms with Crippen molar-refractivity contribution >= 4 is 45.3 Å². The Bertz CT molecular complexity index is 726. The number of carbonyl (C=O) groups excluding carboxylic acids is 1. The van der Waals surface area contributed by atoms with E-state index in [0.717, 1.165) is 5.56 Å². The Balaban J connectivity index is 1.92. The van der Waals surface area contributed by atoms with Crippen molar-refractivity contribution in [2.24, 2.45) is 0 Å². The van der Waals surface area contributed by atoms with Crippen molar-refractivity contribution in [2.75, 3.05) is 0 Å². The zero-order valence-electron chi connectivity index (χ0n) is 10.1. The highest BCUT2D eigenvalue weighted by Crippen LogP contribution is 2.28. The van der Waals surface area contributed by atoms with Crippen molar-refractivity contribution in [1.29, 1.82) is 0 Å². The normalized spacial score (nSPS) is 16.4. The van der Waals surface area contributed by atoms with Gasteiger partial charge >= 0.3 is 5.97 Å². The molecular formula is C15H8BrClO3. The van der Waals surface area contributed by atoms with E-state index in [0.29, 0.717) is 26.8 Å². The van der Waals surface area contributed by atoms with Gasteiger partial charge in [0.05, 0.1) is 5.57 Å². The largest absolute Gasteiger partial charge is 0.450 e. The Morgan fingerprint density at radius 2 is 1.85 bits per heavy atom. The molecule has 0 spiro atoms. The first-order valence-corrected chi connectivity index (χ1v) is 6.96. The molecule has 20 heavy (non-hydrogen) atoms. The zero-order valence-corrected chi connectivity index (χ0v) is 12.4. The SMILES string of the molecule is O=C1OC(c2ccc(Cl)cc2)=C/C1=C/c1ccc(Br)o1. The lowest BCUT2D eigenvalue weighted by atomic mass is 10.1. The topological polar surface area (TPSA) is 39.4 Å². The molecular weight excluding hydrogens is 344 g/mol. The van der Waals surface area contributed by atoms with Crippen molar-refractivity contribution in [3.63, 3.8) is 0 Å². The molecule has 0 amide bonds. The van der Waals surface area contributed by atoms with Gasteiger partial charge in [0.15, 0.2) is 4.67 Å². The minimum absolute atomic E-state index is 0.400. The third kappa shape index (κ3) is 2.71. The van der Waals surface area contributed by atoms with Crippen molar-refractivity contribution < 1.29 is 13.9 Å². The lowest BCUT2D eigenvalue weighted by Gasteiger charge is -2.00. The van der Waals surface area contributed by atoms with Crippen LogP contribution in [0.1, 0.15) is 11.3 Å². The van der Waals surface area contributed by atoms with Crippen molar-refractivity contribution in [2.45, 2.75) is 0 Å². The standard InChI is InChI=1S/C15H8BrClO3/c16-14-6-5-12(19-14)7-10-8-13(20-15(10)18)9-1-3-11(17)4-2-9/h1-8H/b10-7-. The summed E-state index contributed by atoms with van der Waals surface area (Å²) >= 11 is 9.04. The Morgan fingerprint density at radius 3 is 2.50 bits per heavy atom. The highest BCUT2D eigenvalue weighted by molar-refractivity contribution is 9.10. The summed E-state index contributed by atoms with van der Waals surface area (Å²) in [5.74, 6) is 0.684. The zero-order chi connectivity index (χ0) is 14.1. The number of esters is 1. The number of hydrogen-bond acceptors (Lipinski definition) is 3. The molecule has 1 aromatic heterocycles. The van der Waals surface area contributed by atoms with Crippen LogP contribution >= 0.6 is 27.5 Å². The van der Waals surface area contributed by atoms with E-state index >= 15 is 0 Å². The molecule has 2 heterocycles. The summed E-state index contributed by atoms with van der Waals surface area (Å²) in [5.41, 5.74) is 1.24. The Hall–Kier alpha value is -1.78. The molecule has 0 saturated heterocycles. The maximum Gasteiger partial charge on any atom is 0.343 e. The summed E-state index contributed by atoms with van der Waals surface area (Å²) in [4.78, 5) is 11.8. The number of benzene rings is 1. The average molecular weight is 352 g/mol. The van der Waals surface area contributed by atoms with E-state index in [1.807, 2.05) is 0 Å². The molecule has 1 aliphatic rings. The van der Waals surface area contributed by atoms with Gasteiger partial charge in [-0.2, -0.15) is 0 Å². The molecule has 0 fully saturated rings. The monoisotopic (exact) mass is 350 g/mol. The van der Waals surface area contributed by atoms with Crippen LogP contribution in [-0.2, 0) is 9.53 Å². The fraction of sp³-hybridized carbons (Fsp3) is 0. The average Bonchev–Trinajstić information content (AvgIpc) is 2.98. The Kier molecular flexibility index (Phi) is 3.51. The maximum absolute atomic E-state index is 11.8. The van der Waals surface area contributed by atoms with Gasteiger partial charge in [0.1, 0.15) is 11.5 Å². The molecule has 3 nitrogen and oxygen atoms in total. The van der Waals surface area contributed by atoms with Crippen molar-refractivity contribution in [1.82, 2.24) is 0 Å². The van der Waals surface area contributed by atoms with Gasteiger partial charge in [-0.25, -0.2) is 4.79 Å². The van der Waals surface area contributed by atoms with E-state index in [2.05, 4.69) is 15.9 Å². The molecule has 2 aromatic rings. The van der Waals surface area contributed by atoms with Gasteiger partial charge in [0, 0.05) is 10.6 Å². The number of rotatable bonds is 2. The van der Waals surface area contributed by atoms with Crippen LogP contribution in [0, 0.1) is 0 Å². The van der Waals surface area contributed by atoms with Crippen LogP contribution in [0.25, 0.3) is 11.8 Å². The van der Waals surface area contributed by atoms with Crippen LogP contribution in [0.5, 0.6) is 0 Å². The van der Waals surface area contributed by atoms with Gasteiger partial charge < -0.3 is 9.15 Å². The molecule has 0 atom stereocenters. The lowest BCUT2D eigenvalue weighted by Crippen LogP contribution is -1.96. The van der Waals surface area contributed by atoms with Gasteiger partial charge in [-0.15, -0.1) is 0 Å². The third-order valence-electron chi connectivity index (χ3n) is 2.75. The van der Waals surface area contributed by atoms with Gasteiger partial charge in [0.25, 0.3) is 0 Å². The fourth-order valence-corrected chi connectivity index (χ4v) is 2.25. The van der Waals surface area contributed by atoms with Gasteiger partial charge in [-0.3, -0.25) is 0 Å². The highest BCUT2D eigenvalue weighted by Gasteiger charge is 2.22. The van der Waals surface area contributed by atoms with Crippen molar-refractivity contribution in [3.8, 4) is 0 Å². The van der Waals surface area contributed by atoms with E-state index in [9.17, 15) is 4.79 Å². The van der Waals surface area contributed by atoms with Crippen LogP contribution in [0.2, 0.25) is 5.02 Å². The molecule has 0 N–H and O–H groups in total. The van der Waals surface area contributed by atoms with Crippen LogP contribution in [0.4, 0.5) is 0 Å². The van der Waals surface area contributed by atoms with Crippen LogP contribution in [0.3, 0.4) is 0 Å². The predicted molar refractivity (Wildman–Crippen MR) is 79.9 cm³/mol. The molecule has 0 bridgehead atoms. The van der Waals surface area contributed by atoms with E-state index in [-0.39, 0.29) is 0 Å². The maximum atomic E-state index is 11.8. The molecule has 1 aromatic carbocycles. The van der Waals surface area contributed by atoms with Crippen molar-refractivity contribution in [3.05, 3.63) is 69.1 Å². The van der Waals surface area contributed by atoms with E-state index < -0.39 is 5.97 Å². The van der Waals surface area contributed by atoms with E-state index in [1.165, 1.54) is 0 Å². The fourth-order valence-electron chi connectivity index (χ4n) is 1.80. The molecule has 0 unspecified atom stereocenters. The number of carbonyl (C=O) groups is 1. The number of furan rings is 1. The van der Waals surface area contributed by atoms with Crippen LogP contribution in [0.15, 0.2) is 57.1 Å². The minimum Gasteiger partial charge on any atom is -0.450 e. The molecule has 3 rings (SSSR count). The predicted octanol–water partition coefficient (Wildman–Crippen LogP) is 4.68. The molecule has 5 heteroatoms. The molecule has 100 valence electrons. The summed E-state index contributed by atoms with van der Waals surface area (Å²) in [7, 11) is 0. The molecule has 0 radical (unpaired) electrons. The second-order valence-corrected chi connectivity index (χ2v) is 5.36. The van der Waals surface area contributed by atoms with Crippen LogP contribution < -0.4 is 0 Å². The molecule has 0 aliphatic carbocycles. The van der Waals surface area contributed by atoms with Gasteiger partial charge in [-0.05, 0) is 64.5 Å². The lowest BCUT2D eigenvalue weighted by molar-refractivity contribution is -0.130. The summed E-state index contributed by atoms with van der Waals surface area (Å²) in [6, 6.07) is 10.6. The highest BCUT2D eigenvalue weighted by atomic mass is 79.9. The Morgan fingerprint density at radius 1 is 1.10 bits per heavy atom. The summed E-state index contributed by atoms with van der Waals surface area (Å²) < 4.78 is 11.2. The quantitative estimate of drug-likeness (QED) is 0.583. The smallest absolute Gasteiger partial charge is 0.343 e. The second-order valence-electron chi connectivity index (χ2n) is 4.15. The second kappa shape index (κ2) is 5.31. The molecule has 0 saturated carbocycles. The first-order chi connectivity index (χ1) is 9.61. The first kappa shape index (κ1) is 13.2. The summed E-state index contributed by atoms with van der Waals surface area (Å²) in [5, 5.41) is 0.634. The number of hydrogen-bond donors (Lipinski definition) is 0. The number of cyclic esters (lactones) is 1. The summed E-state index contributed by atoms with van der Waals surface area (Å²) in [6.07, 6.45) is 3.32.